The van der Waals surface area contributed by atoms with E-state index in [9.17, 15) is 22.4 Å². The minimum Gasteiger partial charge on any atom is -0.379 e. The Hall–Kier alpha value is -1.67. The molecule has 1 aliphatic rings. The van der Waals surface area contributed by atoms with E-state index in [2.05, 4.69) is 5.43 Å². The highest BCUT2D eigenvalue weighted by molar-refractivity contribution is 5.94. The maximum atomic E-state index is 13.7. The van der Waals surface area contributed by atoms with E-state index >= 15 is 0 Å². The number of rotatable bonds is 2. The predicted molar refractivity (Wildman–Crippen MR) is 61.3 cm³/mol. The van der Waals surface area contributed by atoms with Crippen LogP contribution in [0.2, 0.25) is 0 Å². The third kappa shape index (κ3) is 3.26. The molecule has 0 aliphatic carbocycles. The van der Waals surface area contributed by atoms with Crippen molar-refractivity contribution in [2.45, 2.75) is 6.18 Å². The largest absolute Gasteiger partial charge is 0.419 e. The quantitative estimate of drug-likeness (QED) is 0.845. The first-order valence-electron chi connectivity index (χ1n) is 5.89. The summed E-state index contributed by atoms with van der Waals surface area (Å²) in [7, 11) is 0. The second-order valence-electron chi connectivity index (χ2n) is 4.21. The van der Waals surface area contributed by atoms with E-state index in [1.165, 1.54) is 5.01 Å². The second-order valence-corrected chi connectivity index (χ2v) is 4.21. The monoisotopic (exact) mass is 292 g/mol. The van der Waals surface area contributed by atoms with Gasteiger partial charge in [-0.15, -0.1) is 0 Å². The van der Waals surface area contributed by atoms with Crippen molar-refractivity contribution >= 4 is 5.91 Å². The van der Waals surface area contributed by atoms with Crippen LogP contribution in [0.5, 0.6) is 0 Å². The van der Waals surface area contributed by atoms with Crippen molar-refractivity contribution in [3.63, 3.8) is 0 Å². The van der Waals surface area contributed by atoms with Crippen LogP contribution < -0.4 is 5.43 Å². The number of ether oxygens (including phenoxy) is 1. The van der Waals surface area contributed by atoms with Gasteiger partial charge in [0.15, 0.2) is 0 Å². The molecule has 4 nitrogen and oxygen atoms in total. The topological polar surface area (TPSA) is 41.6 Å². The van der Waals surface area contributed by atoms with Gasteiger partial charge in [0.25, 0.3) is 5.91 Å². The lowest BCUT2D eigenvalue weighted by atomic mass is 10.1. The average Bonchev–Trinajstić information content (AvgIpc) is 2.38. The molecular weight excluding hydrogens is 280 g/mol. The number of halogens is 4. The molecule has 1 aromatic carbocycles. The summed E-state index contributed by atoms with van der Waals surface area (Å²) in [5.41, 5.74) is 0.277. The molecule has 0 radical (unpaired) electrons. The molecule has 1 aromatic rings. The van der Waals surface area contributed by atoms with Crippen LogP contribution >= 0.6 is 0 Å². The molecule has 2 rings (SSSR count). The van der Waals surface area contributed by atoms with Gasteiger partial charge >= 0.3 is 6.18 Å². The number of carbonyl (C=O) groups is 1. The number of hydrazine groups is 1. The van der Waals surface area contributed by atoms with Gasteiger partial charge in [-0.25, -0.2) is 9.40 Å². The Morgan fingerprint density at radius 1 is 1.25 bits per heavy atom. The zero-order valence-electron chi connectivity index (χ0n) is 10.3. The third-order valence-electron chi connectivity index (χ3n) is 2.82. The Morgan fingerprint density at radius 2 is 1.90 bits per heavy atom. The van der Waals surface area contributed by atoms with Crippen molar-refractivity contribution < 1.29 is 27.1 Å². The van der Waals surface area contributed by atoms with Gasteiger partial charge in [-0.05, 0) is 12.1 Å². The van der Waals surface area contributed by atoms with Crippen molar-refractivity contribution in [1.29, 1.82) is 0 Å². The van der Waals surface area contributed by atoms with Gasteiger partial charge in [0.2, 0.25) is 0 Å². The van der Waals surface area contributed by atoms with Crippen molar-refractivity contribution in [2.75, 3.05) is 26.3 Å². The highest BCUT2D eigenvalue weighted by atomic mass is 19.4. The first kappa shape index (κ1) is 14.7. The Morgan fingerprint density at radius 3 is 2.50 bits per heavy atom. The van der Waals surface area contributed by atoms with Gasteiger partial charge in [-0.3, -0.25) is 10.2 Å². The van der Waals surface area contributed by atoms with Gasteiger partial charge < -0.3 is 4.74 Å². The zero-order valence-corrected chi connectivity index (χ0v) is 10.3. The molecule has 0 atom stereocenters. The summed E-state index contributed by atoms with van der Waals surface area (Å²) in [6, 6.07) is 2.61. The fraction of sp³-hybridized carbons (Fsp3) is 0.417. The Kier molecular flexibility index (Phi) is 4.24. The van der Waals surface area contributed by atoms with Gasteiger partial charge in [0.1, 0.15) is 5.82 Å². The van der Waals surface area contributed by atoms with E-state index in [-0.39, 0.29) is 0 Å². The molecule has 1 amide bonds. The maximum absolute atomic E-state index is 13.7. The number of morpholine rings is 1. The van der Waals surface area contributed by atoms with Crippen LogP contribution in [0.3, 0.4) is 0 Å². The van der Waals surface area contributed by atoms with Crippen molar-refractivity contribution in [2.24, 2.45) is 0 Å². The van der Waals surface area contributed by atoms with E-state index in [0.717, 1.165) is 12.1 Å². The lowest BCUT2D eigenvalue weighted by molar-refractivity contribution is -0.140. The number of carbonyl (C=O) groups excluding carboxylic acids is 1. The van der Waals surface area contributed by atoms with Crippen LogP contribution in [0.25, 0.3) is 0 Å². The van der Waals surface area contributed by atoms with Crippen LogP contribution in [-0.2, 0) is 10.9 Å². The van der Waals surface area contributed by atoms with Crippen molar-refractivity contribution in [3.05, 3.63) is 35.1 Å². The molecule has 0 spiro atoms. The number of nitrogens with zero attached hydrogens (tertiary/aromatic N) is 1. The molecule has 0 bridgehead atoms. The molecule has 1 aliphatic heterocycles. The van der Waals surface area contributed by atoms with E-state index in [1.807, 2.05) is 0 Å². The smallest absolute Gasteiger partial charge is 0.379 e. The van der Waals surface area contributed by atoms with E-state index in [4.69, 9.17) is 4.74 Å². The summed E-state index contributed by atoms with van der Waals surface area (Å²) in [6.45, 7) is 1.58. The molecule has 20 heavy (non-hydrogen) atoms. The van der Waals surface area contributed by atoms with Gasteiger partial charge in [0.05, 0.1) is 24.3 Å². The highest BCUT2D eigenvalue weighted by Crippen LogP contribution is 2.32. The fourth-order valence-corrected chi connectivity index (χ4v) is 1.81. The Labute approximate surface area is 112 Å². The first-order valence-corrected chi connectivity index (χ1v) is 5.89. The van der Waals surface area contributed by atoms with E-state index in [1.54, 1.807) is 0 Å². The standard InChI is InChI=1S/C12H12F4N2O2/c13-10-8(2-1-3-9(10)12(14,15)16)11(19)17-18-4-6-20-7-5-18/h1-3H,4-7H2,(H,17,19). The van der Waals surface area contributed by atoms with Crippen LogP contribution in [0.4, 0.5) is 17.6 Å². The van der Waals surface area contributed by atoms with E-state index < -0.39 is 29.0 Å². The molecule has 1 fully saturated rings. The molecule has 1 heterocycles. The summed E-state index contributed by atoms with van der Waals surface area (Å²) in [5.74, 6) is -2.47. The third-order valence-corrected chi connectivity index (χ3v) is 2.82. The number of nitrogens with one attached hydrogen (secondary N) is 1. The molecular formula is C12H12F4N2O2. The lowest BCUT2D eigenvalue weighted by Gasteiger charge is -2.27. The van der Waals surface area contributed by atoms with Crippen LogP contribution in [0, 0.1) is 5.82 Å². The first-order chi connectivity index (χ1) is 9.39. The molecule has 1 saturated heterocycles. The number of hydrogen-bond donors (Lipinski definition) is 1. The Balaban J connectivity index is 2.17. The maximum Gasteiger partial charge on any atom is 0.419 e. The minimum atomic E-state index is -4.83. The lowest BCUT2D eigenvalue weighted by Crippen LogP contribution is -2.48. The fourth-order valence-electron chi connectivity index (χ4n) is 1.81. The van der Waals surface area contributed by atoms with Crippen molar-refractivity contribution in [1.82, 2.24) is 10.4 Å². The molecule has 0 saturated carbocycles. The summed E-state index contributed by atoms with van der Waals surface area (Å²) >= 11 is 0. The van der Waals surface area contributed by atoms with Crippen LogP contribution in [0.1, 0.15) is 15.9 Å². The van der Waals surface area contributed by atoms with Crippen LogP contribution in [0.15, 0.2) is 18.2 Å². The van der Waals surface area contributed by atoms with Gasteiger partial charge in [0, 0.05) is 13.1 Å². The average molecular weight is 292 g/mol. The van der Waals surface area contributed by atoms with Crippen molar-refractivity contribution in [3.8, 4) is 0 Å². The summed E-state index contributed by atoms with van der Waals surface area (Å²) < 4.78 is 56.5. The molecule has 0 aromatic heterocycles. The summed E-state index contributed by atoms with van der Waals surface area (Å²) in [6.07, 6.45) is -4.83. The highest BCUT2D eigenvalue weighted by Gasteiger charge is 2.35. The van der Waals surface area contributed by atoms with Gasteiger partial charge in [-0.2, -0.15) is 13.2 Å². The number of benzene rings is 1. The zero-order chi connectivity index (χ0) is 14.8. The minimum absolute atomic E-state index is 0.394. The molecule has 0 unspecified atom stereocenters. The number of amides is 1. The predicted octanol–water partition coefficient (Wildman–Crippen LogP) is 1.82. The number of alkyl halides is 3. The molecule has 1 N–H and O–H groups in total. The normalized spacial score (nSPS) is 17.0. The molecule has 8 heteroatoms. The SMILES string of the molecule is O=C(NN1CCOCC1)c1cccc(C(F)(F)F)c1F. The summed E-state index contributed by atoms with van der Waals surface area (Å²) in [4.78, 5) is 11.8. The summed E-state index contributed by atoms with van der Waals surface area (Å²) in [5, 5.41) is 1.48. The molecule has 110 valence electrons. The Bertz CT molecular complexity index is 499. The second kappa shape index (κ2) is 5.76. The van der Waals surface area contributed by atoms with Crippen LogP contribution in [-0.4, -0.2) is 37.2 Å². The van der Waals surface area contributed by atoms with E-state index in [0.29, 0.717) is 32.4 Å². The number of hydrogen-bond acceptors (Lipinski definition) is 3. The van der Waals surface area contributed by atoms with Gasteiger partial charge in [-0.1, -0.05) is 6.07 Å².